The predicted molar refractivity (Wildman–Crippen MR) is 272 cm³/mol. The molecule has 0 fully saturated rings. The Morgan fingerprint density at radius 1 is 0.556 bits per heavy atom. The van der Waals surface area contributed by atoms with E-state index in [1.165, 1.54) is 60.2 Å². The zero-order chi connectivity index (χ0) is 45.1. The van der Waals surface area contributed by atoms with E-state index in [9.17, 15) is 0 Å². The molecule has 0 spiro atoms. The molecule has 0 amide bonds. The SMILES string of the molecule is CC(C)(C)c1ccc(N2c3ccc(C(C)(C)C)cc3B3c4sc5nc6ccc(C(C)(C)C)cc6cc5c4N(c4ccc5c(c4)C(C)(C)CC5(C)C)c4nc(C(C)(C)C)nc2c43)cc1. The summed E-state index contributed by atoms with van der Waals surface area (Å²) < 4.78 is 1.29. The van der Waals surface area contributed by atoms with Gasteiger partial charge in [-0.2, -0.15) is 0 Å². The molecule has 0 bridgehead atoms. The van der Waals surface area contributed by atoms with Crippen LogP contribution in [0.3, 0.4) is 0 Å². The van der Waals surface area contributed by atoms with Crippen molar-refractivity contribution >= 4 is 89.3 Å². The van der Waals surface area contributed by atoms with Crippen molar-refractivity contribution in [2.75, 3.05) is 9.80 Å². The number of thiophene rings is 1. The molecule has 322 valence electrons. The van der Waals surface area contributed by atoms with Crippen LogP contribution in [0.2, 0.25) is 0 Å². The molecular formula is C56H64BN5S. The van der Waals surface area contributed by atoms with Gasteiger partial charge in [-0.15, -0.1) is 11.3 Å². The maximum absolute atomic E-state index is 5.78. The molecule has 5 heterocycles. The Morgan fingerprint density at radius 2 is 1.13 bits per heavy atom. The minimum absolute atomic E-state index is 0.0133. The van der Waals surface area contributed by atoms with Gasteiger partial charge in [0.15, 0.2) is 0 Å². The highest BCUT2D eigenvalue weighted by atomic mass is 32.1. The molecule has 10 rings (SSSR count). The minimum Gasteiger partial charge on any atom is -0.296 e. The van der Waals surface area contributed by atoms with Crippen molar-refractivity contribution in [3.05, 3.63) is 119 Å². The normalized spacial score (nSPS) is 16.7. The van der Waals surface area contributed by atoms with Gasteiger partial charge in [-0.25, -0.2) is 15.0 Å². The standard InChI is InChI=1S/C56H64BN5S/c1-51(2,3)33-17-21-36(22-18-33)61-43-26-20-35(53(7,8)9)29-41(43)57-44-47(61)59-50(54(10,11)12)60-48(44)62(37-23-24-39-40(30-37)56(15,16)31-55(39,13)14)45-38-28-32-27-34(52(4,5)6)19-25-42(32)58-49(38)63-46(45)57/h17-30H,31H2,1-16H3. The topological polar surface area (TPSA) is 45.2 Å². The van der Waals surface area contributed by atoms with Gasteiger partial charge in [0.25, 0.3) is 6.71 Å². The van der Waals surface area contributed by atoms with Crippen LogP contribution in [0.1, 0.15) is 151 Å². The van der Waals surface area contributed by atoms with Crippen molar-refractivity contribution in [2.45, 2.75) is 150 Å². The van der Waals surface area contributed by atoms with Gasteiger partial charge in [0, 0.05) is 43.5 Å². The molecular weight excluding hydrogens is 786 g/mol. The van der Waals surface area contributed by atoms with Crippen LogP contribution in [0.15, 0.2) is 84.9 Å². The fourth-order valence-corrected chi connectivity index (χ4v) is 12.1. The molecule has 0 atom stereocenters. The predicted octanol–water partition coefficient (Wildman–Crippen LogP) is 13.5. The quantitative estimate of drug-likeness (QED) is 0.162. The van der Waals surface area contributed by atoms with Crippen LogP contribution < -0.4 is 25.5 Å². The van der Waals surface area contributed by atoms with E-state index in [4.69, 9.17) is 15.0 Å². The first-order valence-corrected chi connectivity index (χ1v) is 23.8. The molecule has 0 radical (unpaired) electrons. The molecule has 2 aliphatic heterocycles. The van der Waals surface area contributed by atoms with Crippen LogP contribution in [0.25, 0.3) is 21.1 Å². The van der Waals surface area contributed by atoms with E-state index >= 15 is 0 Å². The number of pyridine rings is 1. The first kappa shape index (κ1) is 42.0. The molecule has 0 saturated carbocycles. The first-order valence-electron chi connectivity index (χ1n) is 23.0. The van der Waals surface area contributed by atoms with E-state index in [1.807, 2.05) is 11.3 Å². The maximum atomic E-state index is 5.78. The molecule has 3 aromatic heterocycles. The van der Waals surface area contributed by atoms with Crippen molar-refractivity contribution in [1.29, 1.82) is 0 Å². The number of rotatable bonds is 2. The lowest BCUT2D eigenvalue weighted by Crippen LogP contribution is -2.61. The summed E-state index contributed by atoms with van der Waals surface area (Å²) in [4.78, 5) is 23.0. The number of anilines is 6. The van der Waals surface area contributed by atoms with E-state index in [-0.39, 0.29) is 39.2 Å². The summed E-state index contributed by atoms with van der Waals surface area (Å²) in [5.74, 6) is 2.75. The Kier molecular flexibility index (Phi) is 8.85. The summed E-state index contributed by atoms with van der Waals surface area (Å²) in [5.41, 5.74) is 14.6. The molecule has 63 heavy (non-hydrogen) atoms. The van der Waals surface area contributed by atoms with Crippen molar-refractivity contribution < 1.29 is 0 Å². The van der Waals surface area contributed by atoms with Gasteiger partial charge in [0.1, 0.15) is 22.3 Å². The first-order chi connectivity index (χ1) is 29.2. The molecule has 0 N–H and O–H groups in total. The van der Waals surface area contributed by atoms with Gasteiger partial charge in [0.2, 0.25) is 0 Å². The van der Waals surface area contributed by atoms with Gasteiger partial charge in [-0.1, -0.05) is 147 Å². The van der Waals surface area contributed by atoms with E-state index in [0.717, 1.165) is 51.1 Å². The van der Waals surface area contributed by atoms with Crippen LogP contribution in [-0.4, -0.2) is 21.7 Å². The molecule has 4 aromatic carbocycles. The lowest BCUT2D eigenvalue weighted by Gasteiger charge is -2.43. The fraction of sp³-hybridized carbons (Fsp3) is 0.411. The van der Waals surface area contributed by atoms with E-state index in [2.05, 4.69) is 206 Å². The van der Waals surface area contributed by atoms with Crippen molar-refractivity contribution in [3.63, 3.8) is 0 Å². The lowest BCUT2D eigenvalue weighted by atomic mass is 9.36. The Morgan fingerprint density at radius 3 is 1.76 bits per heavy atom. The summed E-state index contributed by atoms with van der Waals surface area (Å²) in [6.07, 6.45) is 1.10. The Labute approximate surface area is 380 Å². The third-order valence-electron chi connectivity index (χ3n) is 14.2. The van der Waals surface area contributed by atoms with Gasteiger partial charge >= 0.3 is 0 Å². The van der Waals surface area contributed by atoms with E-state index in [0.29, 0.717) is 0 Å². The largest absolute Gasteiger partial charge is 0.296 e. The van der Waals surface area contributed by atoms with Crippen molar-refractivity contribution in [3.8, 4) is 0 Å². The van der Waals surface area contributed by atoms with Crippen LogP contribution >= 0.6 is 11.3 Å². The molecule has 0 unspecified atom stereocenters. The third kappa shape index (κ3) is 6.57. The molecule has 1 aliphatic carbocycles. The van der Waals surface area contributed by atoms with E-state index in [1.54, 1.807) is 0 Å². The number of aromatic nitrogens is 3. The maximum Gasteiger partial charge on any atom is 0.268 e. The second-order valence-corrected chi connectivity index (χ2v) is 25.3. The Hall–Kier alpha value is -5.01. The number of benzene rings is 4. The lowest BCUT2D eigenvalue weighted by molar-refractivity contribution is 0.403. The smallest absolute Gasteiger partial charge is 0.268 e. The average molecular weight is 850 g/mol. The zero-order valence-electron chi connectivity index (χ0n) is 40.5. The average Bonchev–Trinajstić information content (AvgIpc) is 3.63. The summed E-state index contributed by atoms with van der Waals surface area (Å²) in [6, 6.07) is 32.9. The van der Waals surface area contributed by atoms with Crippen molar-refractivity contribution in [2.24, 2.45) is 0 Å². The minimum atomic E-state index is -0.327. The zero-order valence-corrected chi connectivity index (χ0v) is 41.3. The summed E-state index contributed by atoms with van der Waals surface area (Å²) in [5, 5.41) is 2.34. The fourth-order valence-electron chi connectivity index (χ4n) is 10.8. The monoisotopic (exact) mass is 849 g/mol. The Balaban J connectivity index is 1.35. The second kappa shape index (κ2) is 13.3. The summed E-state index contributed by atoms with van der Waals surface area (Å²) >= 11 is 1.85. The molecule has 5 nitrogen and oxygen atoms in total. The second-order valence-electron chi connectivity index (χ2n) is 24.3. The van der Waals surface area contributed by atoms with Crippen LogP contribution in [0.5, 0.6) is 0 Å². The molecule has 7 aromatic rings. The Bertz CT molecular complexity index is 3040. The number of fused-ring (bicyclic) bond motifs is 8. The highest BCUT2D eigenvalue weighted by Crippen LogP contribution is 2.53. The highest BCUT2D eigenvalue weighted by Gasteiger charge is 2.49. The number of hydrogen-bond acceptors (Lipinski definition) is 6. The summed E-state index contributed by atoms with van der Waals surface area (Å²) in [7, 11) is 0. The van der Waals surface area contributed by atoms with Gasteiger partial charge in [0.05, 0.1) is 11.2 Å². The van der Waals surface area contributed by atoms with E-state index < -0.39 is 0 Å². The molecule has 3 aliphatic rings. The van der Waals surface area contributed by atoms with Crippen LogP contribution in [0, 0.1) is 0 Å². The van der Waals surface area contributed by atoms with Gasteiger partial charge in [-0.3, -0.25) is 9.80 Å². The number of nitrogens with zero attached hydrogens (tertiary/aromatic N) is 5. The molecule has 0 saturated heterocycles. The summed E-state index contributed by atoms with van der Waals surface area (Å²) in [6.45, 7) is 37.0. The molecule has 7 heteroatoms. The van der Waals surface area contributed by atoms with Gasteiger partial charge < -0.3 is 0 Å². The van der Waals surface area contributed by atoms with Gasteiger partial charge in [-0.05, 0) is 115 Å². The van der Waals surface area contributed by atoms with Crippen LogP contribution in [0.4, 0.5) is 34.4 Å². The van der Waals surface area contributed by atoms with Crippen LogP contribution in [-0.2, 0) is 32.5 Å². The van der Waals surface area contributed by atoms with Crippen molar-refractivity contribution in [1.82, 2.24) is 15.0 Å². The highest BCUT2D eigenvalue weighted by molar-refractivity contribution is 7.33. The third-order valence-corrected chi connectivity index (χ3v) is 15.3. The number of hydrogen-bond donors (Lipinski definition) is 0.